The highest BCUT2D eigenvalue weighted by molar-refractivity contribution is 5.91. The van der Waals surface area contributed by atoms with Crippen LogP contribution in [0.25, 0.3) is 6.08 Å². The predicted molar refractivity (Wildman–Crippen MR) is 81.6 cm³/mol. The van der Waals surface area contributed by atoms with E-state index in [2.05, 4.69) is 5.32 Å². The molecule has 0 bridgehead atoms. The van der Waals surface area contributed by atoms with E-state index in [1.165, 1.54) is 18.2 Å². The van der Waals surface area contributed by atoms with Gasteiger partial charge in [0.2, 0.25) is 5.91 Å². The number of halogens is 1. The first-order valence-electron chi connectivity index (χ1n) is 6.67. The van der Waals surface area contributed by atoms with E-state index in [0.717, 1.165) is 16.7 Å². The van der Waals surface area contributed by atoms with Crippen LogP contribution in [0, 0.1) is 5.82 Å². The molecule has 0 saturated heterocycles. The van der Waals surface area contributed by atoms with Crippen molar-refractivity contribution < 1.29 is 9.18 Å². The van der Waals surface area contributed by atoms with Crippen LogP contribution in [-0.4, -0.2) is 5.91 Å². The van der Waals surface area contributed by atoms with Crippen LogP contribution < -0.4 is 11.1 Å². The van der Waals surface area contributed by atoms with Gasteiger partial charge in [-0.3, -0.25) is 4.79 Å². The highest BCUT2D eigenvalue weighted by Crippen LogP contribution is 2.07. The van der Waals surface area contributed by atoms with E-state index >= 15 is 0 Å². The van der Waals surface area contributed by atoms with Gasteiger partial charge < -0.3 is 11.1 Å². The summed E-state index contributed by atoms with van der Waals surface area (Å²) in [5.41, 5.74) is 8.44. The molecule has 0 aliphatic carbocycles. The fraction of sp³-hybridized carbons (Fsp3) is 0.118. The summed E-state index contributed by atoms with van der Waals surface area (Å²) in [6.45, 7) is 0.872. The molecule has 0 aromatic heterocycles. The Morgan fingerprint density at radius 3 is 2.43 bits per heavy atom. The summed E-state index contributed by atoms with van der Waals surface area (Å²) >= 11 is 0. The van der Waals surface area contributed by atoms with Gasteiger partial charge in [0.25, 0.3) is 0 Å². The van der Waals surface area contributed by atoms with Crippen molar-refractivity contribution in [3.8, 4) is 0 Å². The van der Waals surface area contributed by atoms with Gasteiger partial charge in [0.05, 0.1) is 0 Å². The Morgan fingerprint density at radius 2 is 1.76 bits per heavy atom. The van der Waals surface area contributed by atoms with Crippen molar-refractivity contribution in [2.45, 2.75) is 13.1 Å². The van der Waals surface area contributed by atoms with Crippen LogP contribution >= 0.6 is 0 Å². The smallest absolute Gasteiger partial charge is 0.244 e. The lowest BCUT2D eigenvalue weighted by molar-refractivity contribution is -0.116. The zero-order chi connectivity index (χ0) is 15.1. The van der Waals surface area contributed by atoms with Crippen LogP contribution in [0.5, 0.6) is 0 Å². The summed E-state index contributed by atoms with van der Waals surface area (Å²) in [5, 5.41) is 2.80. The molecule has 0 atom stereocenters. The molecule has 108 valence electrons. The fourth-order valence-electron chi connectivity index (χ4n) is 1.92. The van der Waals surface area contributed by atoms with Crippen LogP contribution in [0.4, 0.5) is 4.39 Å². The Bertz CT molecular complexity index is 635. The van der Waals surface area contributed by atoms with Crippen LogP contribution in [0.3, 0.4) is 0 Å². The van der Waals surface area contributed by atoms with Crippen molar-refractivity contribution in [2.24, 2.45) is 5.73 Å². The molecule has 0 radical (unpaired) electrons. The molecule has 4 heteroatoms. The molecule has 21 heavy (non-hydrogen) atoms. The number of hydrogen-bond acceptors (Lipinski definition) is 2. The zero-order valence-electron chi connectivity index (χ0n) is 11.6. The molecule has 2 aromatic carbocycles. The van der Waals surface area contributed by atoms with Crippen LogP contribution in [0.15, 0.2) is 54.6 Å². The minimum Gasteiger partial charge on any atom is -0.348 e. The zero-order valence-corrected chi connectivity index (χ0v) is 11.6. The van der Waals surface area contributed by atoms with Crippen molar-refractivity contribution in [2.75, 3.05) is 0 Å². The standard InChI is InChI=1S/C17H17FN2O/c18-16-8-5-13(6-9-16)7-10-17(21)20-12-15-4-2-1-3-14(15)11-19/h1-10H,11-12,19H2,(H,20,21). The average Bonchev–Trinajstić information content (AvgIpc) is 2.52. The van der Waals surface area contributed by atoms with E-state index in [4.69, 9.17) is 5.73 Å². The van der Waals surface area contributed by atoms with Gasteiger partial charge in [0.1, 0.15) is 5.82 Å². The number of nitrogens with one attached hydrogen (secondary N) is 1. The Morgan fingerprint density at radius 1 is 1.10 bits per heavy atom. The highest BCUT2D eigenvalue weighted by Gasteiger charge is 2.01. The second kappa shape index (κ2) is 7.36. The molecule has 0 unspecified atom stereocenters. The van der Waals surface area contributed by atoms with Crippen molar-refractivity contribution in [3.63, 3.8) is 0 Å². The van der Waals surface area contributed by atoms with E-state index < -0.39 is 0 Å². The van der Waals surface area contributed by atoms with Gasteiger partial charge in [-0.1, -0.05) is 36.4 Å². The van der Waals surface area contributed by atoms with Crippen molar-refractivity contribution in [3.05, 3.63) is 77.1 Å². The summed E-state index contributed by atoms with van der Waals surface area (Å²) in [4.78, 5) is 11.8. The lowest BCUT2D eigenvalue weighted by Gasteiger charge is -2.07. The Balaban J connectivity index is 1.91. The number of hydrogen-bond donors (Lipinski definition) is 2. The third-order valence-corrected chi connectivity index (χ3v) is 3.09. The van der Waals surface area contributed by atoms with E-state index in [1.807, 2.05) is 24.3 Å². The molecule has 0 aliphatic heterocycles. The summed E-state index contributed by atoms with van der Waals surface area (Å²) < 4.78 is 12.8. The lowest BCUT2D eigenvalue weighted by Crippen LogP contribution is -2.21. The number of benzene rings is 2. The molecule has 0 fully saturated rings. The number of carbonyl (C=O) groups excluding carboxylic acids is 1. The Kier molecular flexibility index (Phi) is 5.23. The first-order valence-corrected chi connectivity index (χ1v) is 6.67. The van der Waals surface area contributed by atoms with Gasteiger partial charge in [0.15, 0.2) is 0 Å². The van der Waals surface area contributed by atoms with Crippen molar-refractivity contribution >= 4 is 12.0 Å². The summed E-state index contributed by atoms with van der Waals surface area (Å²) in [7, 11) is 0. The van der Waals surface area contributed by atoms with E-state index in [0.29, 0.717) is 13.1 Å². The second-order valence-electron chi connectivity index (χ2n) is 4.58. The molecular formula is C17H17FN2O. The number of nitrogens with two attached hydrogens (primary N) is 1. The van der Waals surface area contributed by atoms with Gasteiger partial charge >= 0.3 is 0 Å². The van der Waals surface area contributed by atoms with Crippen LogP contribution in [0.2, 0.25) is 0 Å². The molecule has 1 amide bonds. The fourth-order valence-corrected chi connectivity index (χ4v) is 1.92. The van der Waals surface area contributed by atoms with E-state index in [-0.39, 0.29) is 11.7 Å². The van der Waals surface area contributed by atoms with Crippen LogP contribution in [-0.2, 0) is 17.9 Å². The van der Waals surface area contributed by atoms with Crippen molar-refractivity contribution in [1.29, 1.82) is 0 Å². The first kappa shape index (κ1) is 14.9. The molecule has 0 heterocycles. The third-order valence-electron chi connectivity index (χ3n) is 3.09. The van der Waals surface area contributed by atoms with Gasteiger partial charge in [0, 0.05) is 19.2 Å². The topological polar surface area (TPSA) is 55.1 Å². The lowest BCUT2D eigenvalue weighted by atomic mass is 10.1. The molecule has 0 saturated carbocycles. The minimum absolute atomic E-state index is 0.203. The predicted octanol–water partition coefficient (Wildman–Crippen LogP) is 2.61. The maximum absolute atomic E-state index is 12.8. The van der Waals surface area contributed by atoms with E-state index in [1.54, 1.807) is 18.2 Å². The van der Waals surface area contributed by atoms with Gasteiger partial charge in [-0.05, 0) is 34.9 Å². The largest absolute Gasteiger partial charge is 0.348 e. The van der Waals surface area contributed by atoms with Gasteiger partial charge in [-0.25, -0.2) is 4.39 Å². The monoisotopic (exact) mass is 284 g/mol. The summed E-state index contributed by atoms with van der Waals surface area (Å²) in [6.07, 6.45) is 3.07. The first-order chi connectivity index (χ1) is 10.2. The Hall–Kier alpha value is -2.46. The number of rotatable bonds is 5. The van der Waals surface area contributed by atoms with Crippen LogP contribution in [0.1, 0.15) is 16.7 Å². The molecule has 2 rings (SSSR count). The molecule has 0 spiro atoms. The summed E-state index contributed by atoms with van der Waals surface area (Å²) in [6, 6.07) is 13.6. The van der Waals surface area contributed by atoms with Gasteiger partial charge in [-0.15, -0.1) is 0 Å². The SMILES string of the molecule is NCc1ccccc1CNC(=O)C=Cc1ccc(F)cc1. The van der Waals surface area contributed by atoms with E-state index in [9.17, 15) is 9.18 Å². The van der Waals surface area contributed by atoms with Crippen molar-refractivity contribution in [1.82, 2.24) is 5.32 Å². The minimum atomic E-state index is -0.296. The highest BCUT2D eigenvalue weighted by atomic mass is 19.1. The normalized spacial score (nSPS) is 10.8. The molecule has 3 N–H and O–H groups in total. The maximum atomic E-state index is 12.8. The quantitative estimate of drug-likeness (QED) is 0.829. The molecular weight excluding hydrogens is 267 g/mol. The average molecular weight is 284 g/mol. The Labute approximate surface area is 123 Å². The third kappa shape index (κ3) is 4.54. The number of carbonyl (C=O) groups is 1. The molecule has 2 aromatic rings. The number of amides is 1. The molecule has 0 aliphatic rings. The second-order valence-corrected chi connectivity index (χ2v) is 4.58. The molecule has 3 nitrogen and oxygen atoms in total. The van der Waals surface area contributed by atoms with Gasteiger partial charge in [-0.2, -0.15) is 0 Å². The summed E-state index contributed by atoms with van der Waals surface area (Å²) in [5.74, 6) is -0.499. The maximum Gasteiger partial charge on any atom is 0.244 e.